The van der Waals surface area contributed by atoms with Gasteiger partial charge in [0.1, 0.15) is 0 Å². The highest BCUT2D eigenvalue weighted by Crippen LogP contribution is 2.21. The van der Waals surface area contributed by atoms with E-state index in [0.717, 1.165) is 0 Å². The van der Waals surface area contributed by atoms with Crippen molar-refractivity contribution in [3.8, 4) is 0 Å². The molecule has 0 aliphatic rings. The molecule has 1 aromatic rings. The number of anilines is 1. The second-order valence-electron chi connectivity index (χ2n) is 4.98. The number of benzene rings is 1. The van der Waals surface area contributed by atoms with Gasteiger partial charge in [0, 0.05) is 17.8 Å². The second kappa shape index (κ2) is 6.29. The molecule has 0 fully saturated rings. The van der Waals surface area contributed by atoms with Gasteiger partial charge < -0.3 is 11.1 Å². The van der Waals surface area contributed by atoms with Crippen LogP contribution in [0, 0.1) is 23.0 Å². The molecule has 1 atom stereocenters. The number of amides is 1. The number of non-ortho nitro benzene ring substituents is 1. The molecular weight excluding hydrogens is 246 g/mol. The van der Waals surface area contributed by atoms with Crippen molar-refractivity contribution in [3.63, 3.8) is 0 Å². The molecule has 6 heteroatoms. The van der Waals surface area contributed by atoms with Crippen molar-refractivity contribution in [2.45, 2.75) is 33.2 Å². The molecule has 1 aromatic carbocycles. The zero-order valence-corrected chi connectivity index (χ0v) is 11.3. The Labute approximate surface area is 112 Å². The summed E-state index contributed by atoms with van der Waals surface area (Å²) in [6, 6.07) is 3.72. The van der Waals surface area contributed by atoms with Crippen molar-refractivity contribution in [1.29, 1.82) is 0 Å². The summed E-state index contributed by atoms with van der Waals surface area (Å²) in [5, 5.41) is 13.3. The average molecular weight is 265 g/mol. The fraction of sp³-hybridized carbons (Fsp3) is 0.462. The minimum absolute atomic E-state index is 0.00183. The first-order chi connectivity index (χ1) is 8.81. The van der Waals surface area contributed by atoms with Gasteiger partial charge in [-0.05, 0) is 30.9 Å². The zero-order valence-electron chi connectivity index (χ0n) is 11.3. The summed E-state index contributed by atoms with van der Waals surface area (Å²) < 4.78 is 0. The topological polar surface area (TPSA) is 98.3 Å². The van der Waals surface area contributed by atoms with Crippen molar-refractivity contribution in [2.75, 3.05) is 5.32 Å². The smallest absolute Gasteiger partial charge is 0.269 e. The third-order valence-electron chi connectivity index (χ3n) is 2.74. The molecule has 0 aliphatic heterocycles. The monoisotopic (exact) mass is 265 g/mol. The molecule has 104 valence electrons. The van der Waals surface area contributed by atoms with E-state index < -0.39 is 11.0 Å². The van der Waals surface area contributed by atoms with Crippen LogP contribution in [-0.2, 0) is 4.79 Å². The van der Waals surface area contributed by atoms with Crippen LogP contribution >= 0.6 is 0 Å². The summed E-state index contributed by atoms with van der Waals surface area (Å²) in [4.78, 5) is 22.0. The summed E-state index contributed by atoms with van der Waals surface area (Å²) in [6.45, 7) is 5.69. The van der Waals surface area contributed by atoms with Gasteiger partial charge in [-0.25, -0.2) is 0 Å². The van der Waals surface area contributed by atoms with E-state index in [1.807, 2.05) is 13.8 Å². The van der Waals surface area contributed by atoms with Crippen LogP contribution in [0.2, 0.25) is 0 Å². The number of carbonyl (C=O) groups excluding carboxylic acids is 1. The van der Waals surface area contributed by atoms with Gasteiger partial charge in [-0.2, -0.15) is 0 Å². The van der Waals surface area contributed by atoms with Crippen LogP contribution in [-0.4, -0.2) is 16.9 Å². The van der Waals surface area contributed by atoms with Gasteiger partial charge in [0.25, 0.3) is 5.69 Å². The van der Waals surface area contributed by atoms with Crippen LogP contribution in [0.4, 0.5) is 11.4 Å². The highest BCUT2D eigenvalue weighted by molar-refractivity contribution is 5.95. The molecule has 3 N–H and O–H groups in total. The summed E-state index contributed by atoms with van der Waals surface area (Å²) in [7, 11) is 0. The third-order valence-corrected chi connectivity index (χ3v) is 2.74. The average Bonchev–Trinajstić information content (AvgIpc) is 2.30. The number of nitro benzene ring substituents is 1. The Morgan fingerprint density at radius 1 is 1.47 bits per heavy atom. The van der Waals surface area contributed by atoms with E-state index in [2.05, 4.69) is 5.32 Å². The maximum Gasteiger partial charge on any atom is 0.269 e. The number of hydrogen-bond acceptors (Lipinski definition) is 4. The number of hydrogen-bond donors (Lipinski definition) is 2. The maximum atomic E-state index is 11.8. The molecule has 0 saturated carbocycles. The van der Waals surface area contributed by atoms with Crippen molar-refractivity contribution in [2.24, 2.45) is 11.7 Å². The first-order valence-corrected chi connectivity index (χ1v) is 6.12. The van der Waals surface area contributed by atoms with E-state index in [9.17, 15) is 14.9 Å². The largest absolute Gasteiger partial charge is 0.324 e. The van der Waals surface area contributed by atoms with Crippen LogP contribution in [0.5, 0.6) is 0 Å². The van der Waals surface area contributed by atoms with Crippen molar-refractivity contribution in [1.82, 2.24) is 0 Å². The quantitative estimate of drug-likeness (QED) is 0.630. The van der Waals surface area contributed by atoms with Crippen LogP contribution in [0.25, 0.3) is 0 Å². The molecule has 0 spiro atoms. The number of nitro groups is 1. The Balaban J connectivity index is 2.77. The molecular formula is C13H19N3O3. The molecule has 0 aliphatic carbocycles. The lowest BCUT2D eigenvalue weighted by Gasteiger charge is -2.15. The van der Waals surface area contributed by atoms with E-state index in [4.69, 9.17) is 5.73 Å². The number of carbonyl (C=O) groups is 1. The summed E-state index contributed by atoms with van der Waals surface area (Å²) in [5.41, 5.74) is 6.96. The van der Waals surface area contributed by atoms with Gasteiger partial charge in [-0.3, -0.25) is 14.9 Å². The third kappa shape index (κ3) is 4.33. The number of nitrogens with one attached hydrogen (secondary N) is 1. The molecule has 0 heterocycles. The fourth-order valence-electron chi connectivity index (χ4n) is 1.74. The standard InChI is InChI=1S/C13H19N3O3/c1-8(2)6-11(14)13(17)15-12-5-4-10(16(18)19)7-9(12)3/h4-5,7-8,11H,6,14H2,1-3H3,(H,15,17). The SMILES string of the molecule is Cc1cc([N+](=O)[O-])ccc1NC(=O)C(N)CC(C)C. The summed E-state index contributed by atoms with van der Waals surface area (Å²) >= 11 is 0. The van der Waals surface area contributed by atoms with E-state index in [1.54, 1.807) is 6.92 Å². The van der Waals surface area contributed by atoms with E-state index in [1.165, 1.54) is 18.2 Å². The Bertz CT molecular complexity index is 486. The predicted molar refractivity (Wildman–Crippen MR) is 73.9 cm³/mol. The Morgan fingerprint density at radius 2 is 2.11 bits per heavy atom. The summed E-state index contributed by atoms with van der Waals surface area (Å²) in [5.74, 6) is 0.0596. The molecule has 6 nitrogen and oxygen atoms in total. The lowest BCUT2D eigenvalue weighted by Crippen LogP contribution is -2.36. The van der Waals surface area contributed by atoms with Gasteiger partial charge >= 0.3 is 0 Å². The van der Waals surface area contributed by atoms with E-state index in [0.29, 0.717) is 23.6 Å². The van der Waals surface area contributed by atoms with Gasteiger partial charge in [-0.1, -0.05) is 13.8 Å². The minimum Gasteiger partial charge on any atom is -0.324 e. The van der Waals surface area contributed by atoms with Crippen molar-refractivity contribution in [3.05, 3.63) is 33.9 Å². The van der Waals surface area contributed by atoms with Gasteiger partial charge in [0.2, 0.25) is 5.91 Å². The normalized spacial score (nSPS) is 12.3. The van der Waals surface area contributed by atoms with Crippen molar-refractivity contribution >= 4 is 17.3 Å². The van der Waals surface area contributed by atoms with Crippen LogP contribution in [0.3, 0.4) is 0 Å². The Morgan fingerprint density at radius 3 is 2.58 bits per heavy atom. The second-order valence-corrected chi connectivity index (χ2v) is 4.98. The molecule has 0 saturated heterocycles. The number of rotatable bonds is 5. The lowest BCUT2D eigenvalue weighted by molar-refractivity contribution is -0.384. The van der Waals surface area contributed by atoms with Crippen molar-refractivity contribution < 1.29 is 9.72 Å². The highest BCUT2D eigenvalue weighted by Gasteiger charge is 2.16. The first kappa shape index (κ1) is 15.1. The zero-order chi connectivity index (χ0) is 14.6. The Kier molecular flexibility index (Phi) is 5.00. The molecule has 0 radical (unpaired) electrons. The summed E-state index contributed by atoms with van der Waals surface area (Å²) in [6.07, 6.45) is 0.595. The predicted octanol–water partition coefficient (Wildman–Crippen LogP) is 2.22. The first-order valence-electron chi connectivity index (χ1n) is 6.12. The minimum atomic E-state index is -0.574. The van der Waals surface area contributed by atoms with Gasteiger partial charge in [0.05, 0.1) is 11.0 Å². The number of nitrogens with zero attached hydrogens (tertiary/aromatic N) is 1. The van der Waals surface area contributed by atoms with Crippen LogP contribution in [0.1, 0.15) is 25.8 Å². The molecule has 1 amide bonds. The lowest BCUT2D eigenvalue weighted by atomic mass is 10.0. The molecule has 0 aromatic heterocycles. The molecule has 1 rings (SSSR count). The van der Waals surface area contributed by atoms with Gasteiger partial charge in [0.15, 0.2) is 0 Å². The molecule has 0 bridgehead atoms. The fourth-order valence-corrected chi connectivity index (χ4v) is 1.74. The van der Waals surface area contributed by atoms with Crippen LogP contribution in [0.15, 0.2) is 18.2 Å². The number of aryl methyl sites for hydroxylation is 1. The van der Waals surface area contributed by atoms with E-state index >= 15 is 0 Å². The molecule has 1 unspecified atom stereocenters. The van der Waals surface area contributed by atoms with E-state index in [-0.39, 0.29) is 11.6 Å². The van der Waals surface area contributed by atoms with Gasteiger partial charge in [-0.15, -0.1) is 0 Å². The van der Waals surface area contributed by atoms with Crippen LogP contribution < -0.4 is 11.1 Å². The number of nitrogens with two attached hydrogens (primary N) is 1. The maximum absolute atomic E-state index is 11.8. The molecule has 19 heavy (non-hydrogen) atoms. The highest BCUT2D eigenvalue weighted by atomic mass is 16.6. The Hall–Kier alpha value is -1.95.